The number of likely N-dealkylation sites (N-methyl/N-ethyl adjacent to an activating group) is 1. The van der Waals surface area contributed by atoms with Crippen LogP contribution in [0.1, 0.15) is 19.8 Å². The van der Waals surface area contributed by atoms with E-state index in [1.807, 2.05) is 0 Å². The van der Waals surface area contributed by atoms with E-state index in [1.54, 1.807) is 0 Å². The summed E-state index contributed by atoms with van der Waals surface area (Å²) in [5.74, 6) is 0. The average Bonchev–Trinajstić information content (AvgIpc) is 2.35. The van der Waals surface area contributed by atoms with Crippen molar-refractivity contribution in [2.75, 3.05) is 66.1 Å². The van der Waals surface area contributed by atoms with Gasteiger partial charge in [-0.05, 0) is 13.5 Å². The molecular weight excluding hydrogens is 214 g/mol. The summed E-state index contributed by atoms with van der Waals surface area (Å²) in [5, 5.41) is 3.44. The third kappa shape index (κ3) is 7.71. The van der Waals surface area contributed by atoms with Crippen LogP contribution in [0, 0.1) is 0 Å². The van der Waals surface area contributed by atoms with E-state index in [4.69, 9.17) is 4.74 Å². The molecule has 0 aromatic heterocycles. The van der Waals surface area contributed by atoms with Crippen LogP contribution < -0.4 is 5.32 Å². The van der Waals surface area contributed by atoms with Crippen molar-refractivity contribution in [1.82, 2.24) is 15.1 Å². The number of hydrogen-bond acceptors (Lipinski definition) is 4. The molecular formula is C13H29N3O. The first kappa shape index (κ1) is 14.9. The Morgan fingerprint density at radius 3 is 2.53 bits per heavy atom. The Bertz CT molecular complexity index is 170. The van der Waals surface area contributed by atoms with Crippen LogP contribution in [0.2, 0.25) is 0 Å². The predicted molar refractivity (Wildman–Crippen MR) is 72.5 cm³/mol. The van der Waals surface area contributed by atoms with Crippen molar-refractivity contribution in [1.29, 1.82) is 0 Å². The molecule has 0 unspecified atom stereocenters. The molecule has 0 radical (unpaired) electrons. The molecule has 1 aliphatic rings. The maximum Gasteiger partial charge on any atom is 0.0590 e. The first-order valence-corrected chi connectivity index (χ1v) is 7.02. The summed E-state index contributed by atoms with van der Waals surface area (Å²) >= 11 is 0. The van der Waals surface area contributed by atoms with Crippen molar-refractivity contribution in [2.24, 2.45) is 0 Å². The fourth-order valence-electron chi connectivity index (χ4n) is 1.93. The van der Waals surface area contributed by atoms with Crippen molar-refractivity contribution < 1.29 is 4.74 Å². The lowest BCUT2D eigenvalue weighted by Gasteiger charge is -2.32. The predicted octanol–water partition coefficient (Wildman–Crippen LogP) is 0.640. The molecule has 0 amide bonds. The second-order valence-electron chi connectivity index (χ2n) is 4.86. The first-order valence-electron chi connectivity index (χ1n) is 7.02. The summed E-state index contributed by atoms with van der Waals surface area (Å²) in [6.07, 6.45) is 2.40. The van der Waals surface area contributed by atoms with Gasteiger partial charge in [0.1, 0.15) is 0 Å². The SMILES string of the molecule is CCCCOCCNCCN1CCN(C)CC1. The maximum atomic E-state index is 5.50. The topological polar surface area (TPSA) is 27.7 Å². The largest absolute Gasteiger partial charge is 0.380 e. The van der Waals surface area contributed by atoms with Crippen LogP contribution in [0.25, 0.3) is 0 Å². The van der Waals surface area contributed by atoms with Crippen molar-refractivity contribution in [3.8, 4) is 0 Å². The number of nitrogens with one attached hydrogen (secondary N) is 1. The Labute approximate surface area is 106 Å². The van der Waals surface area contributed by atoms with E-state index in [0.717, 1.165) is 26.3 Å². The van der Waals surface area contributed by atoms with Crippen LogP contribution in [-0.4, -0.2) is 75.9 Å². The molecule has 1 rings (SSSR count). The molecule has 17 heavy (non-hydrogen) atoms. The Hall–Kier alpha value is -0.160. The standard InChI is InChI=1S/C13H29N3O/c1-3-4-12-17-13-6-14-5-7-16-10-8-15(2)9-11-16/h14H,3-13H2,1-2H3. The maximum absolute atomic E-state index is 5.50. The third-order valence-electron chi connectivity index (χ3n) is 3.27. The lowest BCUT2D eigenvalue weighted by atomic mass is 10.3. The molecule has 4 nitrogen and oxygen atoms in total. The Kier molecular flexibility index (Phi) is 8.61. The van der Waals surface area contributed by atoms with E-state index in [0.29, 0.717) is 0 Å². The zero-order valence-electron chi connectivity index (χ0n) is 11.6. The summed E-state index contributed by atoms with van der Waals surface area (Å²) in [6.45, 7) is 12.0. The minimum Gasteiger partial charge on any atom is -0.380 e. The van der Waals surface area contributed by atoms with Gasteiger partial charge in [0.05, 0.1) is 6.61 Å². The number of piperazine rings is 1. The van der Waals surface area contributed by atoms with E-state index < -0.39 is 0 Å². The van der Waals surface area contributed by atoms with Crippen LogP contribution in [0.3, 0.4) is 0 Å². The van der Waals surface area contributed by atoms with E-state index in [9.17, 15) is 0 Å². The van der Waals surface area contributed by atoms with E-state index >= 15 is 0 Å². The van der Waals surface area contributed by atoms with Crippen LogP contribution in [0.5, 0.6) is 0 Å². The van der Waals surface area contributed by atoms with E-state index in [1.165, 1.54) is 45.6 Å². The van der Waals surface area contributed by atoms with Gasteiger partial charge in [0.25, 0.3) is 0 Å². The van der Waals surface area contributed by atoms with Crippen LogP contribution >= 0.6 is 0 Å². The first-order chi connectivity index (χ1) is 8.33. The number of nitrogens with zero attached hydrogens (tertiary/aromatic N) is 2. The highest BCUT2D eigenvalue weighted by Crippen LogP contribution is 1.97. The van der Waals surface area contributed by atoms with Gasteiger partial charge in [-0.3, -0.25) is 4.90 Å². The summed E-state index contributed by atoms with van der Waals surface area (Å²) in [4.78, 5) is 4.93. The summed E-state index contributed by atoms with van der Waals surface area (Å²) in [5.41, 5.74) is 0. The monoisotopic (exact) mass is 243 g/mol. The molecule has 0 aliphatic carbocycles. The molecule has 0 aromatic rings. The third-order valence-corrected chi connectivity index (χ3v) is 3.27. The van der Waals surface area contributed by atoms with Crippen LogP contribution in [-0.2, 0) is 4.74 Å². The Morgan fingerprint density at radius 2 is 1.82 bits per heavy atom. The summed E-state index contributed by atoms with van der Waals surface area (Å²) in [7, 11) is 2.20. The van der Waals surface area contributed by atoms with Gasteiger partial charge in [-0.15, -0.1) is 0 Å². The normalized spacial score (nSPS) is 18.7. The molecule has 1 fully saturated rings. The van der Waals surface area contributed by atoms with Gasteiger partial charge in [-0.25, -0.2) is 0 Å². The Morgan fingerprint density at radius 1 is 1.06 bits per heavy atom. The number of hydrogen-bond donors (Lipinski definition) is 1. The lowest BCUT2D eigenvalue weighted by molar-refractivity contribution is 0.129. The van der Waals surface area contributed by atoms with Gasteiger partial charge in [-0.2, -0.15) is 0 Å². The summed E-state index contributed by atoms with van der Waals surface area (Å²) < 4.78 is 5.50. The highest BCUT2D eigenvalue weighted by molar-refractivity contribution is 4.69. The number of ether oxygens (including phenoxy) is 1. The molecule has 0 aromatic carbocycles. The van der Waals surface area contributed by atoms with E-state index in [2.05, 4.69) is 29.1 Å². The highest BCUT2D eigenvalue weighted by atomic mass is 16.5. The molecule has 0 atom stereocenters. The fraction of sp³-hybridized carbons (Fsp3) is 1.00. The smallest absolute Gasteiger partial charge is 0.0590 e. The number of unbranched alkanes of at least 4 members (excludes halogenated alkanes) is 1. The van der Waals surface area contributed by atoms with Crippen molar-refractivity contribution in [3.63, 3.8) is 0 Å². The van der Waals surface area contributed by atoms with Gasteiger partial charge in [0.15, 0.2) is 0 Å². The minimum absolute atomic E-state index is 0.850. The molecule has 0 bridgehead atoms. The zero-order valence-corrected chi connectivity index (χ0v) is 11.6. The van der Waals surface area contributed by atoms with Gasteiger partial charge in [0.2, 0.25) is 0 Å². The van der Waals surface area contributed by atoms with Crippen LogP contribution in [0.4, 0.5) is 0 Å². The zero-order chi connectivity index (χ0) is 12.3. The molecule has 1 saturated heterocycles. The molecule has 102 valence electrons. The quantitative estimate of drug-likeness (QED) is 0.602. The molecule has 1 aliphatic heterocycles. The van der Waals surface area contributed by atoms with Crippen molar-refractivity contribution in [2.45, 2.75) is 19.8 Å². The molecule has 1 N–H and O–H groups in total. The minimum atomic E-state index is 0.850. The van der Waals surface area contributed by atoms with Gasteiger partial charge < -0.3 is 15.0 Å². The lowest BCUT2D eigenvalue weighted by Crippen LogP contribution is -2.46. The second-order valence-corrected chi connectivity index (χ2v) is 4.86. The molecule has 0 spiro atoms. The number of rotatable bonds is 9. The second kappa shape index (κ2) is 9.83. The highest BCUT2D eigenvalue weighted by Gasteiger charge is 2.12. The fourth-order valence-corrected chi connectivity index (χ4v) is 1.93. The summed E-state index contributed by atoms with van der Waals surface area (Å²) in [6, 6.07) is 0. The Balaban J connectivity index is 1.81. The van der Waals surface area contributed by atoms with Crippen LogP contribution in [0.15, 0.2) is 0 Å². The van der Waals surface area contributed by atoms with Gasteiger partial charge in [-0.1, -0.05) is 13.3 Å². The van der Waals surface area contributed by atoms with Crippen molar-refractivity contribution in [3.05, 3.63) is 0 Å². The average molecular weight is 243 g/mol. The molecule has 4 heteroatoms. The van der Waals surface area contributed by atoms with Crippen molar-refractivity contribution >= 4 is 0 Å². The van der Waals surface area contributed by atoms with E-state index in [-0.39, 0.29) is 0 Å². The molecule has 0 saturated carbocycles. The van der Waals surface area contributed by atoms with Gasteiger partial charge in [0, 0.05) is 52.4 Å². The molecule has 1 heterocycles. The van der Waals surface area contributed by atoms with Gasteiger partial charge >= 0.3 is 0 Å².